The van der Waals surface area contributed by atoms with Gasteiger partial charge in [-0.1, -0.05) is 12.1 Å². The predicted octanol–water partition coefficient (Wildman–Crippen LogP) is 2.86. The highest BCUT2D eigenvalue weighted by Crippen LogP contribution is 2.32. The number of nitrogens with one attached hydrogen (secondary N) is 1. The summed E-state index contributed by atoms with van der Waals surface area (Å²) in [5, 5.41) is 2.84. The van der Waals surface area contributed by atoms with Crippen molar-refractivity contribution in [2.24, 2.45) is 0 Å². The van der Waals surface area contributed by atoms with Crippen LogP contribution in [-0.2, 0) is 26.1 Å². The summed E-state index contributed by atoms with van der Waals surface area (Å²) < 4.78 is 39.3. The van der Waals surface area contributed by atoms with Gasteiger partial charge in [-0.25, -0.2) is 8.42 Å². The zero-order chi connectivity index (χ0) is 24.9. The minimum atomic E-state index is -3.69. The SMILES string of the molecule is COc1cc(C)c(S(=O)(=O)N2CCCC2COCC(=O)NCc2ccc(N(C)C)cc2)c(C)c1. The lowest BCUT2D eigenvalue weighted by Crippen LogP contribution is -2.39. The largest absolute Gasteiger partial charge is 0.497 e. The highest BCUT2D eigenvalue weighted by Gasteiger charge is 2.37. The molecule has 1 fully saturated rings. The minimum absolute atomic E-state index is 0.110. The number of carbonyl (C=O) groups excluding carboxylic acids is 1. The molecule has 1 aliphatic rings. The number of rotatable bonds is 10. The van der Waals surface area contributed by atoms with Gasteiger partial charge in [-0.05, 0) is 67.6 Å². The molecule has 1 unspecified atom stereocenters. The van der Waals surface area contributed by atoms with Crippen LogP contribution < -0.4 is 15.0 Å². The molecule has 34 heavy (non-hydrogen) atoms. The van der Waals surface area contributed by atoms with Crippen molar-refractivity contribution in [2.75, 3.05) is 45.9 Å². The van der Waals surface area contributed by atoms with E-state index in [1.807, 2.05) is 43.3 Å². The number of nitrogens with zero attached hydrogens (tertiary/aromatic N) is 2. The van der Waals surface area contributed by atoms with E-state index in [9.17, 15) is 13.2 Å². The fourth-order valence-electron chi connectivity index (χ4n) is 4.30. The molecule has 3 rings (SSSR count). The second-order valence-electron chi connectivity index (χ2n) is 8.85. The first-order valence-electron chi connectivity index (χ1n) is 11.4. The number of aryl methyl sites for hydroxylation is 2. The van der Waals surface area contributed by atoms with Crippen LogP contribution in [0.1, 0.15) is 29.5 Å². The monoisotopic (exact) mass is 489 g/mol. The molecule has 1 N–H and O–H groups in total. The van der Waals surface area contributed by atoms with Crippen molar-refractivity contribution in [1.82, 2.24) is 9.62 Å². The number of amides is 1. The van der Waals surface area contributed by atoms with E-state index in [0.29, 0.717) is 41.3 Å². The van der Waals surface area contributed by atoms with Gasteiger partial charge in [0.2, 0.25) is 15.9 Å². The Labute approximate surface area is 202 Å². The molecule has 0 saturated carbocycles. The van der Waals surface area contributed by atoms with Crippen LogP contribution >= 0.6 is 0 Å². The molecule has 0 radical (unpaired) electrons. The first-order valence-corrected chi connectivity index (χ1v) is 12.8. The van der Waals surface area contributed by atoms with Crippen LogP contribution in [0.15, 0.2) is 41.3 Å². The zero-order valence-electron chi connectivity index (χ0n) is 20.6. The molecule has 186 valence electrons. The van der Waals surface area contributed by atoms with Crippen molar-refractivity contribution in [3.8, 4) is 5.75 Å². The number of ether oxygens (including phenoxy) is 2. The minimum Gasteiger partial charge on any atom is -0.497 e. The van der Waals surface area contributed by atoms with Crippen molar-refractivity contribution in [3.05, 3.63) is 53.1 Å². The summed E-state index contributed by atoms with van der Waals surface area (Å²) >= 11 is 0. The zero-order valence-corrected chi connectivity index (χ0v) is 21.4. The molecule has 0 bridgehead atoms. The summed E-state index contributed by atoms with van der Waals surface area (Å²) in [6, 6.07) is 11.1. The standard InChI is InChI=1S/C25H35N3O5S/c1-18-13-23(32-5)14-19(2)25(18)34(30,31)28-12-6-7-22(28)16-33-17-24(29)26-15-20-8-10-21(11-9-20)27(3)4/h8-11,13-14,22H,6-7,12,15-17H2,1-5H3,(H,26,29). The third kappa shape index (κ3) is 6.08. The Morgan fingerprint density at radius 2 is 1.79 bits per heavy atom. The first kappa shape index (κ1) is 26.0. The van der Waals surface area contributed by atoms with Crippen LogP contribution in [0.3, 0.4) is 0 Å². The van der Waals surface area contributed by atoms with E-state index in [4.69, 9.17) is 9.47 Å². The summed E-state index contributed by atoms with van der Waals surface area (Å²) in [5.41, 5.74) is 3.40. The quantitative estimate of drug-likeness (QED) is 0.552. The van der Waals surface area contributed by atoms with Gasteiger partial charge in [0.25, 0.3) is 0 Å². The fourth-order valence-corrected chi connectivity index (χ4v) is 6.39. The van der Waals surface area contributed by atoms with Crippen LogP contribution in [-0.4, -0.2) is 65.6 Å². The van der Waals surface area contributed by atoms with Crippen molar-refractivity contribution in [2.45, 2.75) is 44.2 Å². The topological polar surface area (TPSA) is 88.2 Å². The molecular weight excluding hydrogens is 454 g/mol. The average molecular weight is 490 g/mol. The van der Waals surface area contributed by atoms with E-state index in [1.165, 1.54) is 4.31 Å². The van der Waals surface area contributed by atoms with Gasteiger partial charge < -0.3 is 19.7 Å². The Balaban J connectivity index is 1.54. The van der Waals surface area contributed by atoms with Crippen molar-refractivity contribution >= 4 is 21.6 Å². The summed E-state index contributed by atoms with van der Waals surface area (Å²) in [5.74, 6) is 0.404. The summed E-state index contributed by atoms with van der Waals surface area (Å²) in [6.45, 7) is 4.48. The van der Waals surface area contributed by atoms with Gasteiger partial charge in [-0.15, -0.1) is 0 Å². The molecule has 1 amide bonds. The number of hydrogen-bond donors (Lipinski definition) is 1. The molecule has 1 saturated heterocycles. The van der Waals surface area contributed by atoms with Crippen LogP contribution in [0.5, 0.6) is 5.75 Å². The van der Waals surface area contributed by atoms with Crippen molar-refractivity contribution < 1.29 is 22.7 Å². The number of hydrogen-bond acceptors (Lipinski definition) is 6. The number of benzene rings is 2. The second kappa shape index (κ2) is 11.2. The molecule has 2 aromatic rings. The van der Waals surface area contributed by atoms with Crippen LogP contribution in [0.25, 0.3) is 0 Å². The Bertz CT molecular complexity index is 1080. The molecule has 2 aromatic carbocycles. The van der Waals surface area contributed by atoms with Crippen LogP contribution in [0.4, 0.5) is 5.69 Å². The third-order valence-corrected chi connectivity index (χ3v) is 8.30. The van der Waals surface area contributed by atoms with Crippen LogP contribution in [0, 0.1) is 13.8 Å². The number of sulfonamides is 1. The predicted molar refractivity (Wildman–Crippen MR) is 133 cm³/mol. The lowest BCUT2D eigenvalue weighted by molar-refractivity contribution is -0.126. The maximum absolute atomic E-state index is 13.5. The second-order valence-corrected chi connectivity index (χ2v) is 10.7. The van der Waals surface area contributed by atoms with Gasteiger partial charge in [0, 0.05) is 38.9 Å². The Hall–Kier alpha value is -2.62. The van der Waals surface area contributed by atoms with Gasteiger partial charge >= 0.3 is 0 Å². The Morgan fingerprint density at radius 1 is 1.15 bits per heavy atom. The van der Waals surface area contributed by atoms with Gasteiger partial charge in [-0.2, -0.15) is 4.31 Å². The Morgan fingerprint density at radius 3 is 2.38 bits per heavy atom. The molecule has 1 atom stereocenters. The van der Waals surface area contributed by atoms with E-state index < -0.39 is 10.0 Å². The summed E-state index contributed by atoms with van der Waals surface area (Å²) in [4.78, 5) is 14.6. The smallest absolute Gasteiger partial charge is 0.246 e. The van der Waals surface area contributed by atoms with E-state index in [1.54, 1.807) is 33.1 Å². The highest BCUT2D eigenvalue weighted by atomic mass is 32.2. The number of methoxy groups -OCH3 is 1. The molecule has 1 heterocycles. The average Bonchev–Trinajstić information content (AvgIpc) is 3.26. The maximum Gasteiger partial charge on any atom is 0.246 e. The first-order chi connectivity index (χ1) is 16.1. The molecule has 0 aromatic heterocycles. The number of carbonyl (C=O) groups is 1. The van der Waals surface area contributed by atoms with E-state index in [2.05, 4.69) is 5.32 Å². The molecule has 1 aliphatic heterocycles. The lowest BCUT2D eigenvalue weighted by atomic mass is 10.1. The van der Waals surface area contributed by atoms with E-state index in [-0.39, 0.29) is 25.2 Å². The van der Waals surface area contributed by atoms with Gasteiger partial charge in [-0.3, -0.25) is 4.79 Å². The van der Waals surface area contributed by atoms with Gasteiger partial charge in [0.15, 0.2) is 0 Å². The fraction of sp³-hybridized carbons (Fsp3) is 0.480. The van der Waals surface area contributed by atoms with Crippen molar-refractivity contribution in [1.29, 1.82) is 0 Å². The van der Waals surface area contributed by atoms with E-state index >= 15 is 0 Å². The van der Waals surface area contributed by atoms with Gasteiger partial charge in [0.1, 0.15) is 12.4 Å². The highest BCUT2D eigenvalue weighted by molar-refractivity contribution is 7.89. The van der Waals surface area contributed by atoms with Gasteiger partial charge in [0.05, 0.1) is 18.6 Å². The molecule has 0 spiro atoms. The third-order valence-electron chi connectivity index (χ3n) is 6.05. The summed E-state index contributed by atoms with van der Waals surface area (Å²) in [7, 11) is 1.83. The van der Waals surface area contributed by atoms with Crippen LogP contribution in [0.2, 0.25) is 0 Å². The maximum atomic E-state index is 13.5. The van der Waals surface area contributed by atoms with E-state index in [0.717, 1.165) is 17.7 Å². The molecule has 0 aliphatic carbocycles. The number of anilines is 1. The molecule has 9 heteroatoms. The molecule has 8 nitrogen and oxygen atoms in total. The normalized spacial score (nSPS) is 16.4. The summed E-state index contributed by atoms with van der Waals surface area (Å²) in [6.07, 6.45) is 1.46. The molecular formula is C25H35N3O5S. The Kier molecular flexibility index (Phi) is 8.57. The lowest BCUT2D eigenvalue weighted by Gasteiger charge is -2.26. The van der Waals surface area contributed by atoms with Crippen molar-refractivity contribution in [3.63, 3.8) is 0 Å².